The highest BCUT2D eigenvalue weighted by molar-refractivity contribution is 5.74. The topological polar surface area (TPSA) is 40.7 Å². The average Bonchev–Trinajstić information content (AvgIpc) is 2.70. The van der Waals surface area contributed by atoms with Gasteiger partial charge < -0.3 is 10.3 Å². The largest absolute Gasteiger partial charge is 0.341 e. The first kappa shape index (κ1) is 13.1. The number of H-pyrrole nitrogens is 1. The molecule has 0 saturated carbocycles. The van der Waals surface area contributed by atoms with Gasteiger partial charge in [-0.15, -0.1) is 0 Å². The van der Waals surface area contributed by atoms with Crippen molar-refractivity contribution >= 4 is 11.0 Å². The van der Waals surface area contributed by atoms with E-state index in [1.54, 1.807) is 0 Å². The second-order valence-corrected chi connectivity index (χ2v) is 5.57. The fraction of sp³-hybridized carbons (Fsp3) is 0.533. The van der Waals surface area contributed by atoms with E-state index < -0.39 is 0 Å². The molecule has 18 heavy (non-hydrogen) atoms. The third-order valence-electron chi connectivity index (χ3n) is 3.10. The van der Waals surface area contributed by atoms with E-state index in [2.05, 4.69) is 42.1 Å². The van der Waals surface area contributed by atoms with Crippen LogP contribution < -0.4 is 5.32 Å². The lowest BCUT2D eigenvalue weighted by atomic mass is 9.99. The number of aromatic amines is 1. The molecule has 0 saturated heterocycles. The molecule has 1 aromatic carbocycles. The Labute approximate surface area is 109 Å². The molecular formula is C15H23N3. The Kier molecular flexibility index (Phi) is 4.37. The van der Waals surface area contributed by atoms with Gasteiger partial charge >= 0.3 is 0 Å². The van der Waals surface area contributed by atoms with Gasteiger partial charge in [0.25, 0.3) is 0 Å². The Morgan fingerprint density at radius 1 is 1.22 bits per heavy atom. The van der Waals surface area contributed by atoms with Crippen LogP contribution in [0.2, 0.25) is 0 Å². The minimum absolute atomic E-state index is 0.717. The van der Waals surface area contributed by atoms with E-state index in [0.29, 0.717) is 0 Å². The zero-order valence-corrected chi connectivity index (χ0v) is 11.5. The standard InChI is InChI=1S/C15H23N3/c1-11(2)8-12(3)9-16-10-15-17-13-6-4-5-7-14(13)18-15/h4-7,11-12,16H,8-10H2,1-3H3,(H,17,18). The van der Waals surface area contributed by atoms with Crippen LogP contribution in [0, 0.1) is 11.8 Å². The predicted molar refractivity (Wildman–Crippen MR) is 76.4 cm³/mol. The fourth-order valence-corrected chi connectivity index (χ4v) is 2.41. The van der Waals surface area contributed by atoms with Crippen LogP contribution in [0.15, 0.2) is 24.3 Å². The lowest BCUT2D eigenvalue weighted by molar-refractivity contribution is 0.412. The van der Waals surface area contributed by atoms with Gasteiger partial charge in [0.15, 0.2) is 0 Å². The third-order valence-corrected chi connectivity index (χ3v) is 3.10. The van der Waals surface area contributed by atoms with Gasteiger partial charge in [-0.1, -0.05) is 32.9 Å². The summed E-state index contributed by atoms with van der Waals surface area (Å²) in [5.74, 6) is 2.51. The summed E-state index contributed by atoms with van der Waals surface area (Å²) >= 11 is 0. The number of nitrogens with zero attached hydrogens (tertiary/aromatic N) is 1. The highest BCUT2D eigenvalue weighted by atomic mass is 15.0. The van der Waals surface area contributed by atoms with Crippen LogP contribution in [0.1, 0.15) is 33.0 Å². The zero-order chi connectivity index (χ0) is 13.0. The first-order valence-electron chi connectivity index (χ1n) is 6.79. The fourth-order valence-electron chi connectivity index (χ4n) is 2.41. The lowest BCUT2D eigenvalue weighted by Gasteiger charge is -2.13. The van der Waals surface area contributed by atoms with Crippen molar-refractivity contribution in [3.8, 4) is 0 Å². The van der Waals surface area contributed by atoms with Gasteiger partial charge in [-0.2, -0.15) is 0 Å². The molecule has 3 nitrogen and oxygen atoms in total. The van der Waals surface area contributed by atoms with E-state index in [1.807, 2.05) is 18.2 Å². The van der Waals surface area contributed by atoms with E-state index in [0.717, 1.165) is 41.8 Å². The lowest BCUT2D eigenvalue weighted by Crippen LogP contribution is -2.22. The van der Waals surface area contributed by atoms with Crippen LogP contribution in [0.5, 0.6) is 0 Å². The highest BCUT2D eigenvalue weighted by Gasteiger charge is 2.06. The molecule has 0 aliphatic carbocycles. The van der Waals surface area contributed by atoms with Crippen molar-refractivity contribution in [3.63, 3.8) is 0 Å². The SMILES string of the molecule is CC(C)CC(C)CNCc1nc2ccccc2[nH]1. The van der Waals surface area contributed by atoms with Gasteiger partial charge in [-0.3, -0.25) is 0 Å². The number of hydrogen-bond acceptors (Lipinski definition) is 2. The third kappa shape index (κ3) is 3.57. The van der Waals surface area contributed by atoms with Crippen molar-refractivity contribution in [2.45, 2.75) is 33.7 Å². The minimum Gasteiger partial charge on any atom is -0.341 e. The van der Waals surface area contributed by atoms with Crippen LogP contribution in [0.25, 0.3) is 11.0 Å². The van der Waals surface area contributed by atoms with Crippen LogP contribution in [0.3, 0.4) is 0 Å². The van der Waals surface area contributed by atoms with E-state index in [9.17, 15) is 0 Å². The first-order chi connectivity index (χ1) is 8.65. The smallest absolute Gasteiger partial charge is 0.121 e. The molecular weight excluding hydrogens is 222 g/mol. The Bertz CT molecular complexity index is 454. The molecule has 3 heteroatoms. The summed E-state index contributed by atoms with van der Waals surface area (Å²) in [5, 5.41) is 3.47. The van der Waals surface area contributed by atoms with E-state index in [-0.39, 0.29) is 0 Å². The highest BCUT2D eigenvalue weighted by Crippen LogP contribution is 2.11. The van der Waals surface area contributed by atoms with Crippen molar-refractivity contribution in [3.05, 3.63) is 30.1 Å². The van der Waals surface area contributed by atoms with Gasteiger partial charge in [0.05, 0.1) is 17.6 Å². The number of rotatable bonds is 6. The molecule has 2 N–H and O–H groups in total. The number of nitrogens with one attached hydrogen (secondary N) is 2. The number of hydrogen-bond donors (Lipinski definition) is 2. The van der Waals surface area contributed by atoms with Crippen LogP contribution in [0.4, 0.5) is 0 Å². The summed E-state index contributed by atoms with van der Waals surface area (Å²) in [6, 6.07) is 8.15. The summed E-state index contributed by atoms with van der Waals surface area (Å²) in [6.45, 7) is 8.71. The number of benzene rings is 1. The molecule has 1 atom stereocenters. The number of para-hydroxylation sites is 2. The second-order valence-electron chi connectivity index (χ2n) is 5.57. The molecule has 0 aliphatic rings. The van der Waals surface area contributed by atoms with Crippen LogP contribution in [-0.2, 0) is 6.54 Å². The van der Waals surface area contributed by atoms with Gasteiger partial charge in [-0.05, 0) is 36.9 Å². The summed E-state index contributed by atoms with van der Waals surface area (Å²) < 4.78 is 0. The maximum atomic E-state index is 4.55. The molecule has 0 bridgehead atoms. The summed E-state index contributed by atoms with van der Waals surface area (Å²) in [4.78, 5) is 7.89. The maximum Gasteiger partial charge on any atom is 0.121 e. The maximum absolute atomic E-state index is 4.55. The number of imidazole rings is 1. The average molecular weight is 245 g/mol. The van der Waals surface area contributed by atoms with Gasteiger partial charge in [0.2, 0.25) is 0 Å². The Balaban J connectivity index is 1.83. The number of fused-ring (bicyclic) bond motifs is 1. The molecule has 0 aliphatic heterocycles. The van der Waals surface area contributed by atoms with Gasteiger partial charge in [-0.25, -0.2) is 4.98 Å². The molecule has 98 valence electrons. The normalized spacial score (nSPS) is 13.3. The molecule has 0 fully saturated rings. The molecule has 1 unspecified atom stereocenters. The second kappa shape index (κ2) is 6.01. The number of aromatic nitrogens is 2. The van der Waals surface area contributed by atoms with E-state index >= 15 is 0 Å². The van der Waals surface area contributed by atoms with Crippen molar-refractivity contribution in [1.82, 2.24) is 15.3 Å². The molecule has 1 aromatic heterocycles. The minimum atomic E-state index is 0.717. The molecule has 0 radical (unpaired) electrons. The van der Waals surface area contributed by atoms with E-state index in [1.165, 1.54) is 6.42 Å². The molecule has 0 amide bonds. The van der Waals surface area contributed by atoms with Crippen molar-refractivity contribution < 1.29 is 0 Å². The summed E-state index contributed by atoms with van der Waals surface area (Å²) in [5.41, 5.74) is 2.16. The Morgan fingerprint density at radius 3 is 2.72 bits per heavy atom. The Hall–Kier alpha value is -1.35. The molecule has 0 spiro atoms. The monoisotopic (exact) mass is 245 g/mol. The van der Waals surface area contributed by atoms with E-state index in [4.69, 9.17) is 0 Å². The quantitative estimate of drug-likeness (QED) is 0.819. The van der Waals surface area contributed by atoms with Crippen molar-refractivity contribution in [2.75, 3.05) is 6.54 Å². The molecule has 2 rings (SSSR count). The summed E-state index contributed by atoms with van der Waals surface area (Å²) in [7, 11) is 0. The predicted octanol–water partition coefficient (Wildman–Crippen LogP) is 3.33. The van der Waals surface area contributed by atoms with Crippen molar-refractivity contribution in [2.24, 2.45) is 11.8 Å². The van der Waals surface area contributed by atoms with Crippen LogP contribution >= 0.6 is 0 Å². The summed E-state index contributed by atoms with van der Waals surface area (Å²) in [6.07, 6.45) is 1.27. The molecule has 2 aromatic rings. The van der Waals surface area contributed by atoms with Crippen LogP contribution in [-0.4, -0.2) is 16.5 Å². The first-order valence-corrected chi connectivity index (χ1v) is 6.79. The van der Waals surface area contributed by atoms with Gasteiger partial charge in [0.1, 0.15) is 5.82 Å². The Morgan fingerprint density at radius 2 is 2.00 bits per heavy atom. The zero-order valence-electron chi connectivity index (χ0n) is 11.5. The van der Waals surface area contributed by atoms with Crippen molar-refractivity contribution in [1.29, 1.82) is 0 Å². The van der Waals surface area contributed by atoms with Gasteiger partial charge in [0, 0.05) is 0 Å². The molecule has 1 heterocycles.